The molecule has 1 saturated heterocycles. The first-order chi connectivity index (χ1) is 23.3. The molecule has 0 aliphatic carbocycles. The number of halogens is 4. The topological polar surface area (TPSA) is 60.5 Å². The summed E-state index contributed by atoms with van der Waals surface area (Å²) in [5.41, 5.74) is 0.516. The van der Waals surface area contributed by atoms with E-state index in [2.05, 4.69) is 31.1 Å². The van der Waals surface area contributed by atoms with Crippen LogP contribution in [-0.4, -0.2) is 32.4 Å². The van der Waals surface area contributed by atoms with Crippen LogP contribution in [0.25, 0.3) is 11.3 Å². The van der Waals surface area contributed by atoms with Crippen LogP contribution in [-0.2, 0) is 32.2 Å². The first-order valence-electron chi connectivity index (χ1n) is 15.9. The molecule has 0 radical (unpaired) electrons. The molecule has 2 heterocycles. The Bertz CT molecular complexity index is 1870. The number of nitrogens with zero attached hydrogens (tertiary/aromatic N) is 1. The number of rotatable bonds is 9. The Morgan fingerprint density at radius 3 is 1.96 bits per heavy atom. The number of alkyl halides is 3. The average Bonchev–Trinajstić information content (AvgIpc) is 3.06. The third-order valence-electron chi connectivity index (χ3n) is 9.12. The number of nitrogens with one attached hydrogen (secondary N) is 1. The van der Waals surface area contributed by atoms with Crippen molar-refractivity contribution in [2.24, 2.45) is 0 Å². The number of carbonyl (C=O) groups excluding carboxylic acids is 1. The number of amides is 1. The first kappa shape index (κ1) is 34.2. The molecular formula is C39H36F4N2O3Si. The maximum absolute atomic E-state index is 14.1. The highest BCUT2D eigenvalue weighted by molar-refractivity contribution is 6.99. The number of pyridine rings is 1. The fourth-order valence-corrected chi connectivity index (χ4v) is 11.0. The predicted octanol–water partition coefficient (Wildman–Crippen LogP) is 7.89. The van der Waals surface area contributed by atoms with Gasteiger partial charge in [0.05, 0.1) is 31.1 Å². The lowest BCUT2D eigenvalue weighted by molar-refractivity contribution is -0.139. The van der Waals surface area contributed by atoms with E-state index in [1.165, 1.54) is 30.3 Å². The van der Waals surface area contributed by atoms with Gasteiger partial charge in [0.15, 0.2) is 0 Å². The van der Waals surface area contributed by atoms with Gasteiger partial charge in [-0.25, -0.2) is 4.39 Å². The summed E-state index contributed by atoms with van der Waals surface area (Å²) in [6, 6.07) is 32.4. The zero-order valence-electron chi connectivity index (χ0n) is 27.4. The molecule has 5 nitrogen and oxygen atoms in total. The molecule has 0 saturated carbocycles. The standard InChI is InChI=1S/C39H36F4N2O3Si/c1-37(2,3)49(32-10-6-4-7-11-32,33-12-8-5-9-13-33)48-24-27-22-28(39(41,42)43)14-20-34(27)35-21-15-29(23-44-35)38(25-47-26-38)36(46)45-31-18-16-30(40)17-19-31/h4-23H,24-26H2,1-3H3,(H,45,46). The zero-order valence-corrected chi connectivity index (χ0v) is 28.4. The normalized spacial score (nSPS) is 14.6. The highest BCUT2D eigenvalue weighted by Gasteiger charge is 2.50. The van der Waals surface area contributed by atoms with Crippen molar-refractivity contribution in [1.29, 1.82) is 0 Å². The van der Waals surface area contributed by atoms with Crippen molar-refractivity contribution in [3.8, 4) is 11.3 Å². The van der Waals surface area contributed by atoms with Crippen LogP contribution in [0.4, 0.5) is 23.2 Å². The van der Waals surface area contributed by atoms with Crippen LogP contribution in [0.2, 0.25) is 5.04 Å². The Labute approximate surface area is 284 Å². The third kappa shape index (κ3) is 6.68. The van der Waals surface area contributed by atoms with E-state index in [9.17, 15) is 22.4 Å². The number of hydrogen-bond acceptors (Lipinski definition) is 4. The Kier molecular flexibility index (Phi) is 9.32. The van der Waals surface area contributed by atoms with E-state index in [1.54, 1.807) is 18.3 Å². The van der Waals surface area contributed by atoms with Crippen LogP contribution in [0, 0.1) is 5.82 Å². The summed E-state index contributed by atoms with van der Waals surface area (Å²) in [5.74, 6) is -0.743. The molecular weight excluding hydrogens is 649 g/mol. The number of anilines is 1. The van der Waals surface area contributed by atoms with Gasteiger partial charge in [-0.3, -0.25) is 9.78 Å². The molecule has 0 atom stereocenters. The molecule has 1 fully saturated rings. The minimum atomic E-state index is -4.56. The molecule has 1 aromatic heterocycles. The highest BCUT2D eigenvalue weighted by Crippen LogP contribution is 2.40. The minimum Gasteiger partial charge on any atom is -0.403 e. The average molecular weight is 685 g/mol. The Morgan fingerprint density at radius 2 is 1.47 bits per heavy atom. The summed E-state index contributed by atoms with van der Waals surface area (Å²) in [6.07, 6.45) is -3.00. The second kappa shape index (κ2) is 13.3. The van der Waals surface area contributed by atoms with E-state index in [4.69, 9.17) is 9.16 Å². The quantitative estimate of drug-likeness (QED) is 0.127. The number of carbonyl (C=O) groups is 1. The van der Waals surface area contributed by atoms with Crippen molar-refractivity contribution < 1.29 is 31.5 Å². The van der Waals surface area contributed by atoms with Gasteiger partial charge in [0.1, 0.15) is 11.2 Å². The van der Waals surface area contributed by atoms with Gasteiger partial charge in [-0.05, 0) is 69.0 Å². The van der Waals surface area contributed by atoms with Crippen LogP contribution < -0.4 is 15.7 Å². The molecule has 10 heteroatoms. The second-order valence-corrected chi connectivity index (χ2v) is 17.6. The molecule has 1 N–H and O–H groups in total. The fraction of sp³-hybridized carbons (Fsp3) is 0.231. The van der Waals surface area contributed by atoms with E-state index >= 15 is 0 Å². The van der Waals surface area contributed by atoms with Crippen molar-refractivity contribution in [2.45, 2.75) is 44.0 Å². The van der Waals surface area contributed by atoms with Gasteiger partial charge in [-0.15, -0.1) is 0 Å². The smallest absolute Gasteiger partial charge is 0.403 e. The summed E-state index contributed by atoms with van der Waals surface area (Å²) in [6.45, 7) is 6.49. The molecule has 6 rings (SSSR count). The van der Waals surface area contributed by atoms with E-state index in [0.717, 1.165) is 22.5 Å². The Morgan fingerprint density at radius 1 is 0.857 bits per heavy atom. The van der Waals surface area contributed by atoms with Crippen LogP contribution in [0.3, 0.4) is 0 Å². The lowest BCUT2D eigenvalue weighted by atomic mass is 9.78. The maximum Gasteiger partial charge on any atom is 0.416 e. The van der Waals surface area contributed by atoms with Gasteiger partial charge in [0.2, 0.25) is 5.91 Å². The molecule has 5 aromatic rings. The van der Waals surface area contributed by atoms with Gasteiger partial charge >= 0.3 is 6.18 Å². The Hall–Kier alpha value is -4.64. The largest absolute Gasteiger partial charge is 0.416 e. The summed E-state index contributed by atoms with van der Waals surface area (Å²) >= 11 is 0. The molecule has 1 amide bonds. The summed E-state index contributed by atoms with van der Waals surface area (Å²) in [4.78, 5) is 18.1. The van der Waals surface area contributed by atoms with Gasteiger partial charge in [-0.2, -0.15) is 13.2 Å². The predicted molar refractivity (Wildman–Crippen MR) is 185 cm³/mol. The van der Waals surface area contributed by atoms with Crippen molar-refractivity contribution in [3.05, 3.63) is 144 Å². The number of hydrogen-bond donors (Lipinski definition) is 1. The van der Waals surface area contributed by atoms with E-state index in [-0.39, 0.29) is 30.8 Å². The SMILES string of the molecule is CC(C)(C)[Si](OCc1cc(C(F)(F)F)ccc1-c1ccc(C2(C(=O)Nc3ccc(F)cc3)COC2)cn1)(c1ccccc1)c1ccccc1. The van der Waals surface area contributed by atoms with Crippen LogP contribution in [0.5, 0.6) is 0 Å². The molecule has 0 bridgehead atoms. The summed E-state index contributed by atoms with van der Waals surface area (Å²) in [7, 11) is -3.08. The highest BCUT2D eigenvalue weighted by atomic mass is 28.4. The van der Waals surface area contributed by atoms with Crippen molar-refractivity contribution >= 4 is 30.3 Å². The Balaban J connectivity index is 1.37. The van der Waals surface area contributed by atoms with E-state index in [1.807, 2.05) is 60.7 Å². The molecule has 49 heavy (non-hydrogen) atoms. The van der Waals surface area contributed by atoms with Gasteiger partial charge in [0, 0.05) is 17.4 Å². The maximum atomic E-state index is 14.1. The van der Waals surface area contributed by atoms with Crippen molar-refractivity contribution in [2.75, 3.05) is 18.5 Å². The van der Waals surface area contributed by atoms with E-state index in [0.29, 0.717) is 28.1 Å². The molecule has 0 unspecified atom stereocenters. The van der Waals surface area contributed by atoms with Crippen LogP contribution in [0.15, 0.2) is 121 Å². The number of aromatic nitrogens is 1. The number of ether oxygens (including phenoxy) is 1. The lowest BCUT2D eigenvalue weighted by Gasteiger charge is -2.43. The van der Waals surface area contributed by atoms with Gasteiger partial charge in [-0.1, -0.05) is 93.6 Å². The molecule has 1 aliphatic heterocycles. The van der Waals surface area contributed by atoms with Crippen molar-refractivity contribution in [3.63, 3.8) is 0 Å². The molecule has 252 valence electrons. The van der Waals surface area contributed by atoms with Gasteiger partial charge in [0.25, 0.3) is 8.32 Å². The molecule has 1 aliphatic rings. The molecule has 4 aromatic carbocycles. The van der Waals surface area contributed by atoms with Crippen LogP contribution >= 0.6 is 0 Å². The monoisotopic (exact) mass is 684 g/mol. The minimum absolute atomic E-state index is 0.0895. The number of benzene rings is 4. The zero-order chi connectivity index (χ0) is 34.9. The molecule has 0 spiro atoms. The summed E-state index contributed by atoms with van der Waals surface area (Å²) < 4.78 is 68.1. The lowest BCUT2D eigenvalue weighted by Crippen LogP contribution is -2.66. The second-order valence-electron chi connectivity index (χ2n) is 13.3. The van der Waals surface area contributed by atoms with Gasteiger partial charge < -0.3 is 14.5 Å². The van der Waals surface area contributed by atoms with Crippen molar-refractivity contribution in [1.82, 2.24) is 4.98 Å². The fourth-order valence-electron chi connectivity index (χ4n) is 6.44. The van der Waals surface area contributed by atoms with Crippen LogP contribution in [0.1, 0.15) is 37.5 Å². The summed E-state index contributed by atoms with van der Waals surface area (Å²) in [5, 5.41) is 4.46. The first-order valence-corrected chi connectivity index (χ1v) is 17.8. The third-order valence-corrected chi connectivity index (χ3v) is 14.1. The van der Waals surface area contributed by atoms with E-state index < -0.39 is 31.3 Å².